The van der Waals surface area contributed by atoms with Crippen LogP contribution in [-0.2, 0) is 11.8 Å². The summed E-state index contributed by atoms with van der Waals surface area (Å²) in [4.78, 5) is 41.0. The molecule has 1 aliphatic carbocycles. The number of aromatic nitrogens is 6. The first kappa shape index (κ1) is 18.9. The third-order valence-electron chi connectivity index (χ3n) is 5.22. The Morgan fingerprint density at radius 3 is 2.74 bits per heavy atom. The Hall–Kier alpha value is -4.08. The van der Waals surface area contributed by atoms with Gasteiger partial charge >= 0.3 is 0 Å². The molecule has 1 saturated carbocycles. The van der Waals surface area contributed by atoms with E-state index in [-0.39, 0.29) is 17.7 Å². The highest BCUT2D eigenvalue weighted by Crippen LogP contribution is 2.33. The Morgan fingerprint density at radius 2 is 2.03 bits per heavy atom. The van der Waals surface area contributed by atoms with E-state index in [2.05, 4.69) is 35.7 Å². The summed E-state index contributed by atoms with van der Waals surface area (Å²) in [6.07, 6.45) is 6.57. The molecule has 0 aromatic carbocycles. The summed E-state index contributed by atoms with van der Waals surface area (Å²) < 4.78 is 1.63. The lowest BCUT2D eigenvalue weighted by atomic mass is 10.1. The molecule has 0 aliphatic heterocycles. The number of fused-ring (bicyclic) bond motifs is 1. The number of hydrogen-bond acceptors (Lipinski definition) is 6. The fraction of sp³-hybridized carbons (Fsp3) is 0.238. The van der Waals surface area contributed by atoms with Crippen LogP contribution < -0.4 is 10.6 Å². The molecule has 0 saturated heterocycles. The van der Waals surface area contributed by atoms with Crippen molar-refractivity contribution in [2.75, 3.05) is 12.4 Å². The summed E-state index contributed by atoms with van der Waals surface area (Å²) in [6, 6.07) is 5.54. The highest BCUT2D eigenvalue weighted by Gasteiger charge is 2.30. The zero-order valence-corrected chi connectivity index (χ0v) is 17.0. The molecule has 2 amide bonds. The van der Waals surface area contributed by atoms with Crippen molar-refractivity contribution < 1.29 is 9.59 Å². The second-order valence-corrected chi connectivity index (χ2v) is 7.51. The molecule has 10 heteroatoms. The molecular formula is C21H20N8O2. The summed E-state index contributed by atoms with van der Waals surface area (Å²) in [7, 11) is 3.37. The van der Waals surface area contributed by atoms with Gasteiger partial charge < -0.3 is 15.6 Å². The number of anilines is 1. The minimum Gasteiger partial charge on any atom is -0.355 e. The number of rotatable bonds is 5. The zero-order chi connectivity index (χ0) is 21.5. The molecule has 10 nitrogen and oxygen atoms in total. The van der Waals surface area contributed by atoms with Gasteiger partial charge in [0.15, 0.2) is 11.6 Å². The second-order valence-electron chi connectivity index (χ2n) is 7.51. The van der Waals surface area contributed by atoms with Crippen LogP contribution in [0.2, 0.25) is 0 Å². The van der Waals surface area contributed by atoms with Crippen LogP contribution in [0, 0.1) is 5.92 Å². The van der Waals surface area contributed by atoms with Gasteiger partial charge in [0.2, 0.25) is 5.91 Å². The summed E-state index contributed by atoms with van der Waals surface area (Å²) in [5.74, 6) is 0.705. The quantitative estimate of drug-likeness (QED) is 0.457. The number of H-pyrrole nitrogens is 1. The molecule has 31 heavy (non-hydrogen) atoms. The van der Waals surface area contributed by atoms with Gasteiger partial charge in [-0.3, -0.25) is 19.3 Å². The van der Waals surface area contributed by atoms with E-state index in [4.69, 9.17) is 0 Å². The highest BCUT2D eigenvalue weighted by atomic mass is 16.2. The van der Waals surface area contributed by atoms with Gasteiger partial charge in [-0.1, -0.05) is 0 Å². The molecule has 4 heterocycles. The van der Waals surface area contributed by atoms with Crippen LogP contribution in [0.4, 0.5) is 5.82 Å². The minimum atomic E-state index is -0.262. The van der Waals surface area contributed by atoms with Crippen molar-refractivity contribution in [2.24, 2.45) is 13.0 Å². The SMILES string of the molecule is CNC(=O)c1cnc(NC(=O)C2CC2)c2[nH]c(-c3cc(-c4ncn(C)n4)ccn3)cc12. The summed E-state index contributed by atoms with van der Waals surface area (Å²) in [6.45, 7) is 0. The van der Waals surface area contributed by atoms with E-state index in [1.165, 1.54) is 6.20 Å². The van der Waals surface area contributed by atoms with Gasteiger partial charge in [-0.2, -0.15) is 5.10 Å². The highest BCUT2D eigenvalue weighted by molar-refractivity contribution is 6.11. The van der Waals surface area contributed by atoms with Gasteiger partial charge in [-0.15, -0.1) is 0 Å². The standard InChI is InChI=1S/C21H20N8O2/c1-22-21(31)14-9-24-19(27-20(30)11-3-4-11)17-13(14)8-16(26-17)15-7-12(5-6-23-15)18-25-10-29(2)28-18/h5-11,26H,3-4H2,1-2H3,(H,22,31)(H,24,27,30). The van der Waals surface area contributed by atoms with Gasteiger partial charge in [-0.25, -0.2) is 9.97 Å². The molecule has 5 rings (SSSR count). The number of hydrogen-bond donors (Lipinski definition) is 3. The molecule has 156 valence electrons. The number of pyridine rings is 2. The van der Waals surface area contributed by atoms with Crippen LogP contribution in [0.1, 0.15) is 23.2 Å². The number of carbonyl (C=O) groups excluding carboxylic acids is 2. The maximum atomic E-state index is 12.4. The summed E-state index contributed by atoms with van der Waals surface area (Å²) >= 11 is 0. The first-order valence-electron chi connectivity index (χ1n) is 9.90. The Bertz CT molecular complexity index is 1320. The van der Waals surface area contributed by atoms with Gasteiger partial charge in [0.1, 0.15) is 6.33 Å². The third kappa shape index (κ3) is 3.52. The third-order valence-corrected chi connectivity index (χ3v) is 5.22. The number of nitrogens with zero attached hydrogens (tertiary/aromatic N) is 5. The average molecular weight is 416 g/mol. The van der Waals surface area contributed by atoms with Crippen molar-refractivity contribution in [2.45, 2.75) is 12.8 Å². The lowest BCUT2D eigenvalue weighted by Crippen LogP contribution is -2.19. The van der Waals surface area contributed by atoms with Crippen LogP contribution in [0.5, 0.6) is 0 Å². The molecule has 0 spiro atoms. The topological polar surface area (TPSA) is 130 Å². The van der Waals surface area contributed by atoms with Crippen molar-refractivity contribution in [3.05, 3.63) is 42.5 Å². The van der Waals surface area contributed by atoms with Gasteiger partial charge in [0.25, 0.3) is 5.91 Å². The van der Waals surface area contributed by atoms with E-state index < -0.39 is 0 Å². The lowest BCUT2D eigenvalue weighted by Gasteiger charge is -2.07. The van der Waals surface area contributed by atoms with Crippen LogP contribution >= 0.6 is 0 Å². The summed E-state index contributed by atoms with van der Waals surface area (Å²) in [5.41, 5.74) is 3.15. The predicted octanol–water partition coefficient (Wildman–Crippen LogP) is 2.13. The van der Waals surface area contributed by atoms with E-state index in [0.29, 0.717) is 39.5 Å². The molecule has 0 bridgehead atoms. The van der Waals surface area contributed by atoms with Crippen molar-refractivity contribution >= 4 is 28.5 Å². The van der Waals surface area contributed by atoms with Crippen LogP contribution in [0.15, 0.2) is 36.9 Å². The maximum absolute atomic E-state index is 12.4. The van der Waals surface area contributed by atoms with Crippen molar-refractivity contribution in [1.29, 1.82) is 0 Å². The fourth-order valence-electron chi connectivity index (χ4n) is 3.42. The Kier molecular flexibility index (Phi) is 4.46. The molecular weight excluding hydrogens is 396 g/mol. The number of nitrogens with one attached hydrogen (secondary N) is 3. The zero-order valence-electron chi connectivity index (χ0n) is 17.0. The smallest absolute Gasteiger partial charge is 0.253 e. The molecule has 3 N–H and O–H groups in total. The van der Waals surface area contributed by atoms with Crippen molar-refractivity contribution in [3.63, 3.8) is 0 Å². The van der Waals surface area contributed by atoms with Crippen molar-refractivity contribution in [3.8, 4) is 22.8 Å². The first-order chi connectivity index (χ1) is 15.0. The number of aromatic amines is 1. The van der Waals surface area contributed by atoms with E-state index >= 15 is 0 Å². The van der Waals surface area contributed by atoms with Gasteiger partial charge in [-0.05, 0) is 31.0 Å². The Morgan fingerprint density at radius 1 is 1.19 bits per heavy atom. The molecule has 4 aromatic rings. The number of carbonyl (C=O) groups is 2. The van der Waals surface area contributed by atoms with E-state index in [0.717, 1.165) is 18.4 Å². The van der Waals surface area contributed by atoms with Crippen LogP contribution in [0.3, 0.4) is 0 Å². The van der Waals surface area contributed by atoms with Crippen LogP contribution in [-0.4, -0.2) is 48.6 Å². The van der Waals surface area contributed by atoms with Crippen molar-refractivity contribution in [1.82, 2.24) is 35.0 Å². The monoisotopic (exact) mass is 416 g/mol. The number of aryl methyl sites for hydroxylation is 1. The average Bonchev–Trinajstić information content (AvgIpc) is 3.39. The predicted molar refractivity (Wildman–Crippen MR) is 114 cm³/mol. The molecule has 0 radical (unpaired) electrons. The Labute approximate surface area is 177 Å². The van der Waals surface area contributed by atoms with Crippen LogP contribution in [0.25, 0.3) is 33.7 Å². The summed E-state index contributed by atoms with van der Waals surface area (Å²) in [5, 5.41) is 10.5. The lowest BCUT2D eigenvalue weighted by molar-refractivity contribution is -0.117. The van der Waals surface area contributed by atoms with E-state index in [1.54, 1.807) is 31.3 Å². The number of amides is 2. The molecule has 1 fully saturated rings. The fourth-order valence-corrected chi connectivity index (χ4v) is 3.42. The molecule has 1 aliphatic rings. The largest absolute Gasteiger partial charge is 0.355 e. The van der Waals surface area contributed by atoms with Gasteiger partial charge in [0, 0.05) is 43.4 Å². The first-order valence-corrected chi connectivity index (χ1v) is 9.90. The molecule has 0 unspecified atom stereocenters. The van der Waals surface area contributed by atoms with Gasteiger partial charge in [0.05, 0.1) is 22.5 Å². The maximum Gasteiger partial charge on any atom is 0.253 e. The molecule has 0 atom stereocenters. The van der Waals surface area contributed by atoms with E-state index in [1.807, 2.05) is 18.2 Å². The second kappa shape index (κ2) is 7.31. The molecule has 4 aromatic heterocycles. The minimum absolute atomic E-state index is 0.0362. The normalized spacial score (nSPS) is 13.4. The van der Waals surface area contributed by atoms with E-state index in [9.17, 15) is 9.59 Å². The Balaban J connectivity index is 1.61.